The van der Waals surface area contributed by atoms with E-state index in [-0.39, 0.29) is 0 Å². The van der Waals surface area contributed by atoms with Crippen molar-refractivity contribution < 1.29 is 14.2 Å². The van der Waals surface area contributed by atoms with Crippen LogP contribution in [0.5, 0.6) is 17.2 Å². The Morgan fingerprint density at radius 2 is 1.57 bits per heavy atom. The highest BCUT2D eigenvalue weighted by Crippen LogP contribution is 2.38. The number of hydrogen-bond donors (Lipinski definition) is 2. The summed E-state index contributed by atoms with van der Waals surface area (Å²) in [5.41, 5.74) is 7.06. The number of nitrogens with two attached hydrogens (primary N) is 1. The molecule has 1 aliphatic carbocycles. The maximum atomic E-state index is 5.94. The van der Waals surface area contributed by atoms with Gasteiger partial charge >= 0.3 is 0 Å². The molecule has 0 atom stereocenters. The van der Waals surface area contributed by atoms with E-state index in [2.05, 4.69) is 5.32 Å². The molecule has 1 fully saturated rings. The van der Waals surface area contributed by atoms with E-state index in [1.54, 1.807) is 21.3 Å². The SMILES string of the molecule is COc1cc(CNC2CCC(N)CC2)cc(OC)c1OC. The van der Waals surface area contributed by atoms with Crippen LogP contribution in [-0.4, -0.2) is 33.4 Å². The molecule has 0 unspecified atom stereocenters. The third-order valence-electron chi connectivity index (χ3n) is 4.09. The number of hydrogen-bond acceptors (Lipinski definition) is 5. The van der Waals surface area contributed by atoms with Gasteiger partial charge in [-0.05, 0) is 43.4 Å². The van der Waals surface area contributed by atoms with Gasteiger partial charge in [-0.25, -0.2) is 0 Å². The molecule has 5 heteroatoms. The van der Waals surface area contributed by atoms with Crippen molar-refractivity contribution in [2.75, 3.05) is 21.3 Å². The lowest BCUT2D eigenvalue weighted by atomic mass is 9.92. The summed E-state index contributed by atoms with van der Waals surface area (Å²) in [6.07, 6.45) is 4.50. The highest BCUT2D eigenvalue weighted by Gasteiger charge is 2.18. The maximum Gasteiger partial charge on any atom is 0.203 e. The van der Waals surface area contributed by atoms with Crippen molar-refractivity contribution in [2.45, 2.75) is 44.3 Å². The lowest BCUT2D eigenvalue weighted by Gasteiger charge is -2.27. The molecule has 0 amide bonds. The molecule has 5 nitrogen and oxygen atoms in total. The Labute approximate surface area is 126 Å². The van der Waals surface area contributed by atoms with Crippen LogP contribution >= 0.6 is 0 Å². The second kappa shape index (κ2) is 7.52. The minimum absolute atomic E-state index is 0.379. The van der Waals surface area contributed by atoms with Crippen molar-refractivity contribution in [3.63, 3.8) is 0 Å². The molecular weight excluding hydrogens is 268 g/mol. The van der Waals surface area contributed by atoms with Gasteiger partial charge in [0.25, 0.3) is 0 Å². The molecule has 0 heterocycles. The first-order valence-corrected chi connectivity index (χ1v) is 7.45. The first-order chi connectivity index (χ1) is 10.2. The summed E-state index contributed by atoms with van der Waals surface area (Å²) in [7, 11) is 4.89. The summed E-state index contributed by atoms with van der Waals surface area (Å²) < 4.78 is 16.1. The van der Waals surface area contributed by atoms with E-state index >= 15 is 0 Å². The molecule has 0 spiro atoms. The monoisotopic (exact) mass is 294 g/mol. The van der Waals surface area contributed by atoms with Crippen molar-refractivity contribution in [2.24, 2.45) is 5.73 Å². The second-order valence-electron chi connectivity index (χ2n) is 5.53. The normalized spacial score (nSPS) is 21.9. The highest BCUT2D eigenvalue weighted by atomic mass is 16.5. The fraction of sp³-hybridized carbons (Fsp3) is 0.625. The minimum Gasteiger partial charge on any atom is -0.493 e. The Kier molecular flexibility index (Phi) is 5.70. The van der Waals surface area contributed by atoms with Gasteiger partial charge in [0.05, 0.1) is 21.3 Å². The summed E-state index contributed by atoms with van der Waals surface area (Å²) >= 11 is 0. The first-order valence-electron chi connectivity index (χ1n) is 7.45. The lowest BCUT2D eigenvalue weighted by Crippen LogP contribution is -2.37. The molecule has 21 heavy (non-hydrogen) atoms. The molecule has 1 aromatic carbocycles. The maximum absolute atomic E-state index is 5.94. The molecule has 0 radical (unpaired) electrons. The van der Waals surface area contributed by atoms with Crippen molar-refractivity contribution in [3.8, 4) is 17.2 Å². The van der Waals surface area contributed by atoms with E-state index < -0.39 is 0 Å². The predicted molar refractivity (Wildman–Crippen MR) is 83.2 cm³/mol. The van der Waals surface area contributed by atoms with Crippen molar-refractivity contribution in [1.82, 2.24) is 5.32 Å². The van der Waals surface area contributed by atoms with Gasteiger partial charge in [0.15, 0.2) is 11.5 Å². The van der Waals surface area contributed by atoms with Crippen molar-refractivity contribution in [1.29, 1.82) is 0 Å². The Hall–Kier alpha value is -1.46. The van der Waals surface area contributed by atoms with Crippen molar-refractivity contribution >= 4 is 0 Å². The molecule has 2 rings (SSSR count). The summed E-state index contributed by atoms with van der Waals surface area (Å²) in [5, 5.41) is 3.59. The van der Waals surface area contributed by atoms with E-state index in [0.29, 0.717) is 29.3 Å². The van der Waals surface area contributed by atoms with Crippen LogP contribution in [0, 0.1) is 0 Å². The van der Waals surface area contributed by atoms with Gasteiger partial charge in [0.1, 0.15) is 0 Å². The fourth-order valence-corrected chi connectivity index (χ4v) is 2.82. The summed E-state index contributed by atoms with van der Waals surface area (Å²) in [4.78, 5) is 0. The zero-order valence-corrected chi connectivity index (χ0v) is 13.1. The molecule has 0 saturated heterocycles. The van der Waals surface area contributed by atoms with Crippen LogP contribution < -0.4 is 25.3 Å². The standard InChI is InChI=1S/C16H26N2O3/c1-19-14-8-11(9-15(20-2)16(14)21-3)10-18-13-6-4-12(17)5-7-13/h8-9,12-13,18H,4-7,10,17H2,1-3H3. The largest absolute Gasteiger partial charge is 0.493 e. The van der Waals surface area contributed by atoms with Crippen LogP contribution in [-0.2, 0) is 6.54 Å². The zero-order chi connectivity index (χ0) is 15.2. The molecule has 0 bridgehead atoms. The van der Waals surface area contributed by atoms with Gasteiger partial charge in [-0.1, -0.05) is 0 Å². The first kappa shape index (κ1) is 15.9. The van der Waals surface area contributed by atoms with Crippen LogP contribution in [0.4, 0.5) is 0 Å². The van der Waals surface area contributed by atoms with Gasteiger partial charge in [-0.2, -0.15) is 0 Å². The average Bonchev–Trinajstić information content (AvgIpc) is 2.53. The van der Waals surface area contributed by atoms with E-state index in [0.717, 1.165) is 37.8 Å². The quantitative estimate of drug-likeness (QED) is 0.841. The Morgan fingerprint density at radius 1 is 1.00 bits per heavy atom. The minimum atomic E-state index is 0.379. The molecule has 0 aliphatic heterocycles. The van der Waals surface area contributed by atoms with Gasteiger partial charge in [-0.15, -0.1) is 0 Å². The molecule has 3 N–H and O–H groups in total. The number of benzene rings is 1. The second-order valence-corrected chi connectivity index (χ2v) is 5.53. The van der Waals surface area contributed by atoms with Crippen LogP contribution in [0.1, 0.15) is 31.2 Å². The Bertz CT molecular complexity index is 432. The predicted octanol–water partition coefficient (Wildman–Crippen LogP) is 2.07. The lowest BCUT2D eigenvalue weighted by molar-refractivity contribution is 0.322. The van der Waals surface area contributed by atoms with Gasteiger partial charge in [0.2, 0.25) is 5.75 Å². The van der Waals surface area contributed by atoms with Crippen molar-refractivity contribution in [3.05, 3.63) is 17.7 Å². The molecule has 1 saturated carbocycles. The third kappa shape index (κ3) is 4.02. The summed E-state index contributed by atoms with van der Waals surface area (Å²) in [5.74, 6) is 2.02. The Balaban J connectivity index is 2.02. The number of nitrogens with one attached hydrogen (secondary N) is 1. The summed E-state index contributed by atoms with van der Waals surface area (Å²) in [6.45, 7) is 0.788. The van der Waals surface area contributed by atoms with Gasteiger partial charge in [0, 0.05) is 18.6 Å². The molecule has 1 aliphatic rings. The van der Waals surface area contributed by atoms with Crippen LogP contribution in [0.15, 0.2) is 12.1 Å². The average molecular weight is 294 g/mol. The smallest absolute Gasteiger partial charge is 0.203 e. The zero-order valence-electron chi connectivity index (χ0n) is 13.1. The number of ether oxygens (including phenoxy) is 3. The Morgan fingerprint density at radius 3 is 2.05 bits per heavy atom. The number of methoxy groups -OCH3 is 3. The van der Waals surface area contributed by atoms with Crippen LogP contribution in [0.25, 0.3) is 0 Å². The van der Waals surface area contributed by atoms with Gasteiger partial charge in [-0.3, -0.25) is 0 Å². The van der Waals surface area contributed by atoms with E-state index in [1.165, 1.54) is 0 Å². The molecule has 1 aromatic rings. The highest BCUT2D eigenvalue weighted by molar-refractivity contribution is 5.53. The third-order valence-corrected chi connectivity index (χ3v) is 4.09. The van der Waals surface area contributed by atoms with E-state index in [9.17, 15) is 0 Å². The van der Waals surface area contributed by atoms with E-state index in [1.807, 2.05) is 12.1 Å². The van der Waals surface area contributed by atoms with Crippen LogP contribution in [0.2, 0.25) is 0 Å². The summed E-state index contributed by atoms with van der Waals surface area (Å²) in [6, 6.07) is 4.90. The fourth-order valence-electron chi connectivity index (χ4n) is 2.82. The van der Waals surface area contributed by atoms with Gasteiger partial charge < -0.3 is 25.3 Å². The number of rotatable bonds is 6. The molecular formula is C16H26N2O3. The topological polar surface area (TPSA) is 65.7 Å². The van der Waals surface area contributed by atoms with E-state index in [4.69, 9.17) is 19.9 Å². The molecule has 0 aromatic heterocycles. The van der Waals surface area contributed by atoms with Crippen LogP contribution in [0.3, 0.4) is 0 Å². The molecule has 118 valence electrons.